The van der Waals surface area contributed by atoms with E-state index >= 15 is 0 Å². The number of methoxy groups -OCH3 is 1. The monoisotopic (exact) mass is 548 g/mol. The SMILES string of the molecule is CCCCCCN(C(=O)C(CC(N)=O)NC(=O)OC(C)(C)C)C(C(=O)NCC(=O)OC)c1ccc(C)cc1C. The summed E-state index contributed by atoms with van der Waals surface area (Å²) in [5.74, 6) is -2.74. The van der Waals surface area contributed by atoms with Crippen LogP contribution in [0.3, 0.4) is 0 Å². The first-order valence-electron chi connectivity index (χ1n) is 13.2. The van der Waals surface area contributed by atoms with Crippen LogP contribution < -0.4 is 16.4 Å². The molecular formula is C28H44N4O7. The molecule has 2 atom stereocenters. The molecule has 218 valence electrons. The molecule has 1 aromatic rings. The Morgan fingerprint density at radius 3 is 2.26 bits per heavy atom. The number of aryl methyl sites for hydroxylation is 2. The van der Waals surface area contributed by atoms with Crippen molar-refractivity contribution >= 4 is 29.8 Å². The fourth-order valence-corrected chi connectivity index (χ4v) is 4.04. The highest BCUT2D eigenvalue weighted by molar-refractivity contribution is 5.95. The lowest BCUT2D eigenvalue weighted by molar-refractivity contribution is -0.145. The first-order chi connectivity index (χ1) is 18.2. The summed E-state index contributed by atoms with van der Waals surface area (Å²) in [4.78, 5) is 65.2. The number of carbonyl (C=O) groups is 5. The second kappa shape index (κ2) is 15.7. The second-order valence-corrected chi connectivity index (χ2v) is 10.5. The van der Waals surface area contributed by atoms with Crippen molar-refractivity contribution in [1.82, 2.24) is 15.5 Å². The molecule has 0 fully saturated rings. The van der Waals surface area contributed by atoms with Gasteiger partial charge in [0.15, 0.2) is 0 Å². The van der Waals surface area contributed by atoms with Gasteiger partial charge < -0.3 is 30.7 Å². The van der Waals surface area contributed by atoms with Crippen LogP contribution >= 0.6 is 0 Å². The lowest BCUT2D eigenvalue weighted by Crippen LogP contribution is -2.54. The minimum absolute atomic E-state index is 0.160. The Bertz CT molecular complexity index is 1020. The third kappa shape index (κ3) is 11.7. The van der Waals surface area contributed by atoms with Crippen molar-refractivity contribution in [3.8, 4) is 0 Å². The number of unbranched alkanes of at least 4 members (excludes halogenated alkanes) is 3. The molecule has 0 radical (unpaired) electrons. The third-order valence-corrected chi connectivity index (χ3v) is 5.84. The van der Waals surface area contributed by atoms with Gasteiger partial charge in [-0.15, -0.1) is 0 Å². The van der Waals surface area contributed by atoms with Crippen LogP contribution in [0.1, 0.15) is 82.5 Å². The topological polar surface area (TPSA) is 157 Å². The number of esters is 1. The summed E-state index contributed by atoms with van der Waals surface area (Å²) >= 11 is 0. The van der Waals surface area contributed by atoms with Crippen molar-refractivity contribution in [1.29, 1.82) is 0 Å². The Balaban J connectivity index is 3.57. The van der Waals surface area contributed by atoms with E-state index in [1.165, 1.54) is 12.0 Å². The molecular weight excluding hydrogens is 504 g/mol. The average molecular weight is 549 g/mol. The van der Waals surface area contributed by atoms with E-state index in [0.717, 1.165) is 30.4 Å². The first-order valence-corrected chi connectivity index (χ1v) is 13.2. The molecule has 0 saturated heterocycles. The maximum Gasteiger partial charge on any atom is 0.408 e. The lowest BCUT2D eigenvalue weighted by atomic mass is 9.96. The number of hydrogen-bond acceptors (Lipinski definition) is 7. The highest BCUT2D eigenvalue weighted by atomic mass is 16.6. The zero-order valence-corrected chi connectivity index (χ0v) is 24.2. The quantitative estimate of drug-likeness (QED) is 0.238. The van der Waals surface area contributed by atoms with Crippen LogP contribution in [0, 0.1) is 13.8 Å². The number of nitrogens with zero attached hydrogens (tertiary/aromatic N) is 1. The summed E-state index contributed by atoms with van der Waals surface area (Å²) in [6.45, 7) is 10.5. The van der Waals surface area contributed by atoms with Crippen molar-refractivity contribution in [2.45, 2.75) is 91.3 Å². The molecule has 0 aliphatic heterocycles. The Morgan fingerprint density at radius 2 is 1.72 bits per heavy atom. The van der Waals surface area contributed by atoms with Gasteiger partial charge >= 0.3 is 12.1 Å². The number of rotatable bonds is 14. The number of benzene rings is 1. The number of carbonyl (C=O) groups excluding carboxylic acids is 5. The van der Waals surface area contributed by atoms with Crippen LogP contribution in [0.25, 0.3) is 0 Å². The molecule has 11 nitrogen and oxygen atoms in total. The van der Waals surface area contributed by atoms with Gasteiger partial charge in [-0.05, 0) is 52.2 Å². The molecule has 11 heteroatoms. The zero-order valence-electron chi connectivity index (χ0n) is 24.2. The molecule has 1 rings (SSSR count). The predicted molar refractivity (Wildman–Crippen MR) is 147 cm³/mol. The molecule has 0 saturated carbocycles. The molecule has 4 N–H and O–H groups in total. The van der Waals surface area contributed by atoms with Gasteiger partial charge in [-0.1, -0.05) is 49.9 Å². The predicted octanol–water partition coefficient (Wildman–Crippen LogP) is 2.81. The number of ether oxygens (including phenoxy) is 2. The maximum absolute atomic E-state index is 14.0. The Labute approximate surface area is 231 Å². The smallest absolute Gasteiger partial charge is 0.408 e. The molecule has 0 spiro atoms. The van der Waals surface area contributed by atoms with Crippen molar-refractivity contribution in [3.05, 3.63) is 34.9 Å². The van der Waals surface area contributed by atoms with Crippen LogP contribution in [0.2, 0.25) is 0 Å². The van der Waals surface area contributed by atoms with Crippen molar-refractivity contribution in [2.75, 3.05) is 20.2 Å². The molecule has 2 unspecified atom stereocenters. The summed E-state index contributed by atoms with van der Waals surface area (Å²) < 4.78 is 9.94. The van der Waals surface area contributed by atoms with Gasteiger partial charge in [-0.25, -0.2) is 4.79 Å². The van der Waals surface area contributed by atoms with Gasteiger partial charge in [-0.3, -0.25) is 19.2 Å². The van der Waals surface area contributed by atoms with E-state index in [2.05, 4.69) is 22.3 Å². The number of amides is 4. The van der Waals surface area contributed by atoms with Gasteiger partial charge in [0, 0.05) is 6.54 Å². The van der Waals surface area contributed by atoms with Gasteiger partial charge in [0.2, 0.25) is 17.7 Å². The summed E-state index contributed by atoms with van der Waals surface area (Å²) in [5, 5.41) is 5.01. The van der Waals surface area contributed by atoms with Gasteiger partial charge in [0.1, 0.15) is 24.2 Å². The molecule has 0 heterocycles. The fraction of sp³-hybridized carbons (Fsp3) is 0.607. The standard InChI is InChI=1S/C28H44N4O7/c1-8-9-10-11-14-32(26(36)21(16-22(29)33)31-27(37)39-28(4,5)6)24(25(35)30-17-23(34)38-7)20-13-12-18(2)15-19(20)3/h12-13,15,21,24H,8-11,14,16-17H2,1-7H3,(H2,29,33)(H,30,35)(H,31,37). The van der Waals surface area contributed by atoms with Gasteiger partial charge in [-0.2, -0.15) is 0 Å². The number of primary amides is 1. The molecule has 0 aliphatic rings. The van der Waals surface area contributed by atoms with Crippen molar-refractivity contribution in [3.63, 3.8) is 0 Å². The summed E-state index contributed by atoms with van der Waals surface area (Å²) in [6, 6.07) is 2.94. The number of nitrogens with two attached hydrogens (primary N) is 1. The largest absolute Gasteiger partial charge is 0.468 e. The second-order valence-electron chi connectivity index (χ2n) is 10.5. The molecule has 0 aliphatic carbocycles. The van der Waals surface area contributed by atoms with Crippen LogP contribution in [-0.2, 0) is 28.7 Å². The molecule has 0 aromatic heterocycles. The molecule has 39 heavy (non-hydrogen) atoms. The highest BCUT2D eigenvalue weighted by Crippen LogP contribution is 2.27. The molecule has 0 bridgehead atoms. The average Bonchev–Trinajstić information content (AvgIpc) is 2.82. The zero-order chi connectivity index (χ0) is 29.8. The molecule has 1 aromatic carbocycles. The summed E-state index contributed by atoms with van der Waals surface area (Å²) in [7, 11) is 1.20. The van der Waals surface area contributed by atoms with Crippen molar-refractivity contribution < 1.29 is 33.4 Å². The normalized spacial score (nSPS) is 12.6. The van der Waals surface area contributed by atoms with E-state index in [-0.39, 0.29) is 6.54 Å². The van der Waals surface area contributed by atoms with E-state index < -0.39 is 60.4 Å². The van der Waals surface area contributed by atoms with Crippen LogP contribution in [0.5, 0.6) is 0 Å². The van der Waals surface area contributed by atoms with E-state index in [4.69, 9.17) is 10.5 Å². The van der Waals surface area contributed by atoms with Gasteiger partial charge in [0.05, 0.1) is 13.5 Å². The highest BCUT2D eigenvalue weighted by Gasteiger charge is 2.37. The number of hydrogen-bond donors (Lipinski definition) is 3. The van der Waals surface area contributed by atoms with Crippen molar-refractivity contribution in [2.24, 2.45) is 5.73 Å². The maximum atomic E-state index is 14.0. The summed E-state index contributed by atoms with van der Waals surface area (Å²) in [5.41, 5.74) is 6.84. The Hall–Kier alpha value is -3.63. The third-order valence-electron chi connectivity index (χ3n) is 5.84. The van der Waals surface area contributed by atoms with Gasteiger partial charge in [0.25, 0.3) is 0 Å². The Morgan fingerprint density at radius 1 is 1.05 bits per heavy atom. The Kier molecular flexibility index (Phi) is 13.4. The minimum atomic E-state index is -1.37. The van der Waals surface area contributed by atoms with Crippen LogP contribution in [0.15, 0.2) is 18.2 Å². The first kappa shape index (κ1) is 33.4. The summed E-state index contributed by atoms with van der Waals surface area (Å²) in [6.07, 6.45) is 1.85. The fourth-order valence-electron chi connectivity index (χ4n) is 4.04. The minimum Gasteiger partial charge on any atom is -0.468 e. The van der Waals surface area contributed by atoms with E-state index in [1.807, 2.05) is 26.0 Å². The lowest BCUT2D eigenvalue weighted by Gasteiger charge is -2.35. The van der Waals surface area contributed by atoms with E-state index in [1.54, 1.807) is 26.8 Å². The number of alkyl carbamates (subject to hydrolysis) is 1. The van der Waals surface area contributed by atoms with E-state index in [0.29, 0.717) is 12.0 Å². The number of nitrogens with one attached hydrogen (secondary N) is 2. The molecule has 4 amide bonds. The van der Waals surface area contributed by atoms with Crippen LogP contribution in [-0.4, -0.2) is 66.5 Å². The van der Waals surface area contributed by atoms with E-state index in [9.17, 15) is 24.0 Å². The van der Waals surface area contributed by atoms with Crippen LogP contribution in [0.4, 0.5) is 4.79 Å².